The van der Waals surface area contributed by atoms with Gasteiger partial charge in [-0.25, -0.2) is 18.4 Å². The number of carboxylic acid groups (broad SMARTS) is 1. The summed E-state index contributed by atoms with van der Waals surface area (Å²) < 4.78 is 22.3. The maximum Gasteiger partial charge on any atom is 0.326 e. The van der Waals surface area contributed by atoms with Gasteiger partial charge in [0, 0.05) is 11.6 Å². The molecule has 3 unspecified atom stereocenters. The number of sulfonamides is 1. The Bertz CT molecular complexity index is 775. The highest BCUT2D eigenvalue weighted by molar-refractivity contribution is 7.88. The van der Waals surface area contributed by atoms with Crippen LogP contribution in [0.2, 0.25) is 0 Å². The van der Waals surface area contributed by atoms with Crippen molar-refractivity contribution in [2.24, 2.45) is 11.1 Å². The number of primary sulfonamides is 1. The number of aliphatic carboxylic acids is 1. The van der Waals surface area contributed by atoms with E-state index in [4.69, 9.17) is 5.14 Å². The molecule has 7 nitrogen and oxygen atoms in total. The van der Waals surface area contributed by atoms with Crippen LogP contribution in [0.25, 0.3) is 0 Å². The number of hydrogen-bond acceptors (Lipinski definition) is 4. The predicted molar refractivity (Wildman–Crippen MR) is 91.2 cm³/mol. The lowest BCUT2D eigenvalue weighted by molar-refractivity contribution is -0.141. The first-order chi connectivity index (χ1) is 11.8. The number of nitrogens with two attached hydrogens (primary N) is 1. The van der Waals surface area contributed by atoms with E-state index in [0.29, 0.717) is 17.5 Å². The first-order valence-corrected chi connectivity index (χ1v) is 10.1. The molecule has 1 saturated heterocycles. The second kappa shape index (κ2) is 6.76. The molecule has 0 radical (unpaired) electrons. The summed E-state index contributed by atoms with van der Waals surface area (Å²) in [5.41, 5.74) is 0.862. The molecule has 136 valence electrons. The van der Waals surface area contributed by atoms with Gasteiger partial charge in [-0.15, -0.1) is 0 Å². The van der Waals surface area contributed by atoms with Gasteiger partial charge in [0.25, 0.3) is 5.91 Å². The Labute approximate surface area is 146 Å². The number of carboxylic acids is 1. The van der Waals surface area contributed by atoms with E-state index in [2.05, 4.69) is 0 Å². The number of amides is 1. The van der Waals surface area contributed by atoms with Crippen LogP contribution in [0.1, 0.15) is 48.0 Å². The van der Waals surface area contributed by atoms with Crippen molar-refractivity contribution < 1.29 is 23.1 Å². The first-order valence-electron chi connectivity index (χ1n) is 8.41. The average molecular weight is 366 g/mol. The highest BCUT2D eigenvalue weighted by Crippen LogP contribution is 2.40. The van der Waals surface area contributed by atoms with Crippen molar-refractivity contribution in [2.45, 2.75) is 49.9 Å². The number of hydrogen-bond donors (Lipinski definition) is 2. The normalized spacial score (nSPS) is 26.3. The van der Waals surface area contributed by atoms with Crippen molar-refractivity contribution in [1.29, 1.82) is 0 Å². The Morgan fingerprint density at radius 2 is 1.80 bits per heavy atom. The minimum Gasteiger partial charge on any atom is -0.480 e. The summed E-state index contributed by atoms with van der Waals surface area (Å²) in [6, 6.07) is 5.36. The van der Waals surface area contributed by atoms with Crippen molar-refractivity contribution in [3.63, 3.8) is 0 Å². The molecular formula is C17H22N2O5S. The van der Waals surface area contributed by atoms with Crippen molar-refractivity contribution in [3.8, 4) is 0 Å². The lowest BCUT2D eigenvalue weighted by Gasteiger charge is -2.33. The van der Waals surface area contributed by atoms with Crippen molar-refractivity contribution in [1.82, 2.24) is 4.90 Å². The fourth-order valence-corrected chi connectivity index (χ4v) is 4.75. The second-order valence-electron chi connectivity index (χ2n) is 6.92. The van der Waals surface area contributed by atoms with Crippen molar-refractivity contribution in [3.05, 3.63) is 35.4 Å². The average Bonchev–Trinajstić information content (AvgIpc) is 2.93. The zero-order valence-corrected chi connectivity index (χ0v) is 14.6. The number of nitrogens with zero attached hydrogens (tertiary/aromatic N) is 1. The molecule has 1 amide bonds. The van der Waals surface area contributed by atoms with Gasteiger partial charge >= 0.3 is 5.97 Å². The van der Waals surface area contributed by atoms with Crippen LogP contribution < -0.4 is 5.14 Å². The third-order valence-electron chi connectivity index (χ3n) is 5.18. The molecule has 2 aliphatic rings. The molecule has 1 aromatic rings. The Hall–Kier alpha value is -1.93. The molecule has 3 atom stereocenters. The molecule has 0 aromatic heterocycles. The van der Waals surface area contributed by atoms with E-state index in [9.17, 15) is 23.1 Å². The number of carbonyl (C=O) groups excluding carboxylic acids is 1. The Balaban J connectivity index is 1.83. The summed E-state index contributed by atoms with van der Waals surface area (Å²) in [4.78, 5) is 26.1. The first kappa shape index (κ1) is 17.9. The SMILES string of the molecule is NS(=O)(=O)Cc1ccc(C(=O)N2C(C(=O)O)CC3CCCCC32)cc1. The standard InChI is InChI=1S/C17H22N2O5S/c18-25(23,24)10-11-5-7-12(8-6-11)16(20)19-14-4-2-1-3-13(14)9-15(19)17(21)22/h5-8,13-15H,1-4,9-10H2,(H,21,22)(H2,18,23,24). The van der Waals surface area contributed by atoms with E-state index in [-0.39, 0.29) is 23.6 Å². The van der Waals surface area contributed by atoms with E-state index in [1.54, 1.807) is 12.1 Å². The molecular weight excluding hydrogens is 344 g/mol. The highest BCUT2D eigenvalue weighted by atomic mass is 32.2. The van der Waals surface area contributed by atoms with Gasteiger partial charge in [0.15, 0.2) is 0 Å². The third kappa shape index (κ3) is 3.85. The van der Waals surface area contributed by atoms with Crippen LogP contribution in [0.15, 0.2) is 24.3 Å². The fourth-order valence-electron chi connectivity index (χ4n) is 4.10. The monoisotopic (exact) mass is 366 g/mol. The molecule has 3 rings (SSSR count). The molecule has 1 heterocycles. The Kier molecular flexibility index (Phi) is 4.83. The molecule has 2 fully saturated rings. The third-order valence-corrected chi connectivity index (χ3v) is 5.91. The second-order valence-corrected chi connectivity index (χ2v) is 8.53. The molecule has 3 N–H and O–H groups in total. The number of fused-ring (bicyclic) bond motifs is 1. The van der Waals surface area contributed by atoms with E-state index in [1.165, 1.54) is 17.0 Å². The maximum atomic E-state index is 12.9. The van der Waals surface area contributed by atoms with Gasteiger partial charge in [0.05, 0.1) is 5.75 Å². The largest absolute Gasteiger partial charge is 0.480 e. The number of carbonyl (C=O) groups is 2. The molecule has 8 heteroatoms. The molecule has 25 heavy (non-hydrogen) atoms. The van der Waals surface area contributed by atoms with Crippen molar-refractivity contribution in [2.75, 3.05) is 0 Å². The van der Waals surface area contributed by atoms with Crippen LogP contribution in [0.4, 0.5) is 0 Å². The van der Waals surface area contributed by atoms with Gasteiger partial charge in [-0.3, -0.25) is 4.79 Å². The molecule has 1 saturated carbocycles. The van der Waals surface area contributed by atoms with Gasteiger partial charge < -0.3 is 10.0 Å². The summed E-state index contributed by atoms with van der Waals surface area (Å²) in [5, 5.41) is 14.5. The van der Waals surface area contributed by atoms with Gasteiger partial charge in [-0.1, -0.05) is 25.0 Å². The summed E-state index contributed by atoms with van der Waals surface area (Å²) in [6.45, 7) is 0. The minimum absolute atomic E-state index is 0.0218. The van der Waals surface area contributed by atoms with Crippen LogP contribution in [-0.4, -0.2) is 42.4 Å². The predicted octanol–water partition coefficient (Wildman–Crippen LogP) is 1.33. The van der Waals surface area contributed by atoms with E-state index >= 15 is 0 Å². The van der Waals surface area contributed by atoms with Gasteiger partial charge in [0.2, 0.25) is 10.0 Å². The summed E-state index contributed by atoms with van der Waals surface area (Å²) in [5.74, 6) is -1.31. The summed E-state index contributed by atoms with van der Waals surface area (Å²) in [6.07, 6.45) is 4.40. The Morgan fingerprint density at radius 3 is 2.40 bits per heavy atom. The molecule has 0 spiro atoms. The molecule has 1 aromatic carbocycles. The zero-order valence-electron chi connectivity index (χ0n) is 13.8. The van der Waals surface area contributed by atoms with Gasteiger partial charge in [0.1, 0.15) is 6.04 Å². The number of benzene rings is 1. The van der Waals surface area contributed by atoms with Crippen LogP contribution in [0, 0.1) is 5.92 Å². The van der Waals surface area contributed by atoms with Crippen LogP contribution in [-0.2, 0) is 20.6 Å². The lowest BCUT2D eigenvalue weighted by Crippen LogP contribution is -2.46. The molecule has 1 aliphatic carbocycles. The molecule has 0 bridgehead atoms. The number of likely N-dealkylation sites (tertiary alicyclic amines) is 1. The van der Waals surface area contributed by atoms with E-state index in [0.717, 1.165) is 25.7 Å². The highest BCUT2D eigenvalue weighted by Gasteiger charge is 2.47. The topological polar surface area (TPSA) is 118 Å². The maximum absolute atomic E-state index is 12.9. The van der Waals surface area contributed by atoms with Crippen LogP contribution in [0.5, 0.6) is 0 Å². The lowest BCUT2D eigenvalue weighted by atomic mass is 9.84. The smallest absolute Gasteiger partial charge is 0.326 e. The quantitative estimate of drug-likeness (QED) is 0.833. The fraction of sp³-hybridized carbons (Fsp3) is 0.529. The van der Waals surface area contributed by atoms with Crippen LogP contribution in [0.3, 0.4) is 0 Å². The molecule has 1 aliphatic heterocycles. The van der Waals surface area contributed by atoms with E-state index < -0.39 is 22.0 Å². The van der Waals surface area contributed by atoms with E-state index in [1.807, 2.05) is 0 Å². The van der Waals surface area contributed by atoms with Crippen molar-refractivity contribution >= 4 is 21.9 Å². The summed E-state index contributed by atoms with van der Waals surface area (Å²) in [7, 11) is -3.63. The minimum atomic E-state index is -3.63. The zero-order chi connectivity index (χ0) is 18.2. The Morgan fingerprint density at radius 1 is 1.16 bits per heavy atom. The summed E-state index contributed by atoms with van der Waals surface area (Å²) >= 11 is 0. The van der Waals surface area contributed by atoms with Crippen LogP contribution >= 0.6 is 0 Å². The van der Waals surface area contributed by atoms with Gasteiger partial charge in [-0.2, -0.15) is 0 Å². The number of rotatable bonds is 4. The van der Waals surface area contributed by atoms with Gasteiger partial charge in [-0.05, 0) is 42.9 Å².